The summed E-state index contributed by atoms with van der Waals surface area (Å²) >= 11 is 0. The number of amides is 1. The maximum absolute atomic E-state index is 12.7. The summed E-state index contributed by atoms with van der Waals surface area (Å²) in [6.07, 6.45) is 7.63. The second kappa shape index (κ2) is 6.82. The molecule has 1 aliphatic heterocycles. The molecule has 120 valence electrons. The Hall–Kier alpha value is -1.35. The van der Waals surface area contributed by atoms with Crippen molar-refractivity contribution in [2.75, 3.05) is 13.1 Å². The van der Waals surface area contributed by atoms with Crippen LogP contribution in [0.1, 0.15) is 49.3 Å². The molecule has 1 heterocycles. The van der Waals surface area contributed by atoms with Crippen molar-refractivity contribution in [3.8, 4) is 0 Å². The zero-order chi connectivity index (χ0) is 15.5. The topological polar surface area (TPSA) is 46.3 Å². The number of rotatable bonds is 3. The van der Waals surface area contributed by atoms with Gasteiger partial charge in [-0.1, -0.05) is 25.1 Å². The second-order valence-corrected chi connectivity index (χ2v) is 7.09. The van der Waals surface area contributed by atoms with Gasteiger partial charge in [-0.05, 0) is 61.1 Å². The van der Waals surface area contributed by atoms with Crippen LogP contribution >= 0.6 is 0 Å². The molecule has 3 heteroatoms. The van der Waals surface area contributed by atoms with E-state index in [0.29, 0.717) is 18.9 Å². The molecule has 0 spiro atoms. The van der Waals surface area contributed by atoms with Crippen LogP contribution in [-0.2, 0) is 24.1 Å². The first-order valence-corrected chi connectivity index (χ1v) is 8.77. The van der Waals surface area contributed by atoms with Crippen LogP contribution in [-0.4, -0.2) is 29.9 Å². The number of nitrogens with zero attached hydrogens (tertiary/aromatic N) is 1. The number of hydrogen-bond donors (Lipinski definition) is 1. The molecule has 1 saturated heterocycles. The molecule has 0 aromatic heterocycles. The Morgan fingerprint density at radius 3 is 2.82 bits per heavy atom. The third-order valence-electron chi connectivity index (χ3n) is 5.34. The molecule has 1 aliphatic carbocycles. The molecule has 0 saturated carbocycles. The second-order valence-electron chi connectivity index (χ2n) is 7.09. The van der Waals surface area contributed by atoms with Crippen LogP contribution in [0.25, 0.3) is 0 Å². The Labute approximate surface area is 133 Å². The van der Waals surface area contributed by atoms with Gasteiger partial charge in [0.1, 0.15) is 0 Å². The molecule has 2 atom stereocenters. The fourth-order valence-corrected chi connectivity index (χ4v) is 3.98. The Balaban J connectivity index is 1.68. The zero-order valence-corrected chi connectivity index (χ0v) is 13.7. The van der Waals surface area contributed by atoms with E-state index in [1.807, 2.05) is 4.90 Å². The molecule has 1 aromatic carbocycles. The molecule has 1 aromatic rings. The van der Waals surface area contributed by atoms with E-state index in [1.54, 1.807) is 0 Å². The van der Waals surface area contributed by atoms with Gasteiger partial charge in [-0.15, -0.1) is 0 Å². The summed E-state index contributed by atoms with van der Waals surface area (Å²) in [7, 11) is 0. The summed E-state index contributed by atoms with van der Waals surface area (Å²) in [6.45, 7) is 3.71. The third kappa shape index (κ3) is 3.35. The van der Waals surface area contributed by atoms with Gasteiger partial charge in [0.2, 0.25) is 5.91 Å². The maximum atomic E-state index is 12.7. The number of benzene rings is 1. The fourth-order valence-electron chi connectivity index (χ4n) is 3.98. The fraction of sp³-hybridized carbons (Fsp3) is 0.632. The number of likely N-dealkylation sites (tertiary alicyclic amines) is 1. The van der Waals surface area contributed by atoms with E-state index < -0.39 is 0 Å². The Morgan fingerprint density at radius 2 is 2.05 bits per heavy atom. The number of hydrogen-bond acceptors (Lipinski definition) is 2. The van der Waals surface area contributed by atoms with Gasteiger partial charge in [0.15, 0.2) is 0 Å². The summed E-state index contributed by atoms with van der Waals surface area (Å²) < 4.78 is 0. The lowest BCUT2D eigenvalue weighted by Gasteiger charge is -2.38. The summed E-state index contributed by atoms with van der Waals surface area (Å²) in [5.74, 6) is 0.930. The minimum absolute atomic E-state index is 0.230. The van der Waals surface area contributed by atoms with Crippen LogP contribution in [0.3, 0.4) is 0 Å². The van der Waals surface area contributed by atoms with E-state index in [9.17, 15) is 4.79 Å². The largest absolute Gasteiger partial charge is 0.338 e. The highest BCUT2D eigenvalue weighted by molar-refractivity contribution is 5.79. The summed E-state index contributed by atoms with van der Waals surface area (Å²) in [5.41, 5.74) is 9.99. The normalized spacial score (nSPS) is 24.9. The summed E-state index contributed by atoms with van der Waals surface area (Å²) in [4.78, 5) is 14.7. The molecule has 1 fully saturated rings. The van der Waals surface area contributed by atoms with Gasteiger partial charge in [-0.2, -0.15) is 0 Å². The first-order chi connectivity index (χ1) is 10.7. The lowest BCUT2D eigenvalue weighted by molar-refractivity contribution is -0.134. The summed E-state index contributed by atoms with van der Waals surface area (Å²) in [5, 5.41) is 0. The van der Waals surface area contributed by atoms with E-state index in [-0.39, 0.29) is 11.9 Å². The highest BCUT2D eigenvalue weighted by Gasteiger charge is 2.28. The lowest BCUT2D eigenvalue weighted by atomic mass is 9.89. The molecule has 2 aliphatic rings. The van der Waals surface area contributed by atoms with Gasteiger partial charge in [-0.25, -0.2) is 0 Å². The average molecular weight is 300 g/mol. The number of carbonyl (C=O) groups is 1. The number of aryl methyl sites for hydroxylation is 2. The van der Waals surface area contributed by atoms with Gasteiger partial charge in [0.25, 0.3) is 0 Å². The molecular weight excluding hydrogens is 272 g/mol. The standard InChI is InChI=1S/C19H28N2O/c1-14-8-9-21(18(10-14)13-20)19(22)12-15-6-7-16-4-2-3-5-17(16)11-15/h6-7,11,14,18H,2-5,8-10,12-13,20H2,1H3. The minimum atomic E-state index is 0.230. The van der Waals surface area contributed by atoms with E-state index >= 15 is 0 Å². The molecule has 3 nitrogen and oxygen atoms in total. The van der Waals surface area contributed by atoms with Crippen molar-refractivity contribution in [1.29, 1.82) is 0 Å². The van der Waals surface area contributed by atoms with Crippen LogP contribution in [0.15, 0.2) is 18.2 Å². The number of nitrogens with two attached hydrogens (primary N) is 1. The lowest BCUT2D eigenvalue weighted by Crippen LogP contribution is -2.49. The minimum Gasteiger partial charge on any atom is -0.338 e. The Kier molecular flexibility index (Phi) is 4.82. The van der Waals surface area contributed by atoms with Gasteiger partial charge in [0, 0.05) is 19.1 Å². The molecule has 22 heavy (non-hydrogen) atoms. The molecule has 3 rings (SSSR count). The molecular formula is C19H28N2O. The SMILES string of the molecule is CC1CCN(C(=O)Cc2ccc3c(c2)CCCC3)C(CN)C1. The number of fused-ring (bicyclic) bond motifs is 1. The van der Waals surface area contributed by atoms with Gasteiger partial charge < -0.3 is 10.6 Å². The molecule has 2 unspecified atom stereocenters. The predicted octanol–water partition coefficient (Wildman–Crippen LogP) is 2.69. The molecule has 1 amide bonds. The van der Waals surface area contributed by atoms with Crippen molar-refractivity contribution < 1.29 is 4.79 Å². The predicted molar refractivity (Wildman–Crippen MR) is 89.7 cm³/mol. The van der Waals surface area contributed by atoms with E-state index in [0.717, 1.165) is 19.4 Å². The Bertz CT molecular complexity index is 540. The van der Waals surface area contributed by atoms with Crippen LogP contribution in [0.4, 0.5) is 0 Å². The van der Waals surface area contributed by atoms with Crippen molar-refractivity contribution in [1.82, 2.24) is 4.90 Å². The van der Waals surface area contributed by atoms with E-state index in [1.165, 1.54) is 42.4 Å². The van der Waals surface area contributed by atoms with Crippen molar-refractivity contribution in [2.24, 2.45) is 11.7 Å². The van der Waals surface area contributed by atoms with Gasteiger partial charge in [0.05, 0.1) is 6.42 Å². The van der Waals surface area contributed by atoms with E-state index in [2.05, 4.69) is 25.1 Å². The maximum Gasteiger partial charge on any atom is 0.227 e. The Morgan fingerprint density at radius 1 is 1.27 bits per heavy atom. The monoisotopic (exact) mass is 300 g/mol. The first-order valence-electron chi connectivity index (χ1n) is 8.77. The molecule has 0 bridgehead atoms. The van der Waals surface area contributed by atoms with Crippen molar-refractivity contribution >= 4 is 5.91 Å². The van der Waals surface area contributed by atoms with Crippen molar-refractivity contribution in [3.05, 3.63) is 34.9 Å². The van der Waals surface area contributed by atoms with Crippen molar-refractivity contribution in [3.63, 3.8) is 0 Å². The van der Waals surface area contributed by atoms with Gasteiger partial charge in [-0.3, -0.25) is 4.79 Å². The molecule has 0 radical (unpaired) electrons. The summed E-state index contributed by atoms with van der Waals surface area (Å²) in [6, 6.07) is 6.87. The molecule has 2 N–H and O–H groups in total. The van der Waals surface area contributed by atoms with Crippen LogP contribution < -0.4 is 5.73 Å². The smallest absolute Gasteiger partial charge is 0.227 e. The zero-order valence-electron chi connectivity index (χ0n) is 13.7. The van der Waals surface area contributed by atoms with Crippen LogP contribution in [0.5, 0.6) is 0 Å². The van der Waals surface area contributed by atoms with Gasteiger partial charge >= 0.3 is 0 Å². The first kappa shape index (κ1) is 15.5. The number of carbonyl (C=O) groups excluding carboxylic acids is 1. The highest BCUT2D eigenvalue weighted by Crippen LogP contribution is 2.25. The average Bonchev–Trinajstić information content (AvgIpc) is 2.54. The van der Waals surface area contributed by atoms with Crippen LogP contribution in [0, 0.1) is 5.92 Å². The third-order valence-corrected chi connectivity index (χ3v) is 5.34. The van der Waals surface area contributed by atoms with Crippen LogP contribution in [0.2, 0.25) is 0 Å². The highest BCUT2D eigenvalue weighted by atomic mass is 16.2. The quantitative estimate of drug-likeness (QED) is 0.933. The van der Waals surface area contributed by atoms with Crippen molar-refractivity contribution in [2.45, 2.75) is 57.9 Å². The van der Waals surface area contributed by atoms with E-state index in [4.69, 9.17) is 5.73 Å². The number of piperidine rings is 1.